The van der Waals surface area contributed by atoms with Gasteiger partial charge in [-0.3, -0.25) is 19.5 Å². The van der Waals surface area contributed by atoms with E-state index >= 15 is 0 Å². The minimum atomic E-state index is -0.648. The fourth-order valence-electron chi connectivity index (χ4n) is 5.43. The smallest absolute Gasteiger partial charge is 0.321 e. The lowest BCUT2D eigenvalue weighted by Gasteiger charge is -2.27. The van der Waals surface area contributed by atoms with Crippen LogP contribution in [0.3, 0.4) is 0 Å². The first-order valence-electron chi connectivity index (χ1n) is 13.4. The van der Waals surface area contributed by atoms with Crippen LogP contribution in [-0.4, -0.2) is 34.6 Å². The van der Waals surface area contributed by atoms with Gasteiger partial charge in [0.15, 0.2) is 5.82 Å². The number of H-pyrrole nitrogens is 1. The maximum atomic E-state index is 11.7. The normalized spacial score (nSPS) is 17.8. The Morgan fingerprint density at radius 1 is 1.10 bits per heavy atom. The molecule has 10 heteroatoms. The van der Waals surface area contributed by atoms with Gasteiger partial charge >= 0.3 is 5.76 Å². The first kappa shape index (κ1) is 25.4. The molecule has 0 radical (unpaired) electrons. The van der Waals surface area contributed by atoms with E-state index in [0.29, 0.717) is 28.2 Å². The van der Waals surface area contributed by atoms with Crippen molar-refractivity contribution in [3.8, 4) is 34.3 Å². The summed E-state index contributed by atoms with van der Waals surface area (Å²) in [6.45, 7) is 7.48. The van der Waals surface area contributed by atoms with Crippen LogP contribution >= 0.6 is 11.6 Å². The summed E-state index contributed by atoms with van der Waals surface area (Å²) in [6.07, 6.45) is 9.96. The molecule has 9 nitrogen and oxygen atoms in total. The van der Waals surface area contributed by atoms with E-state index in [1.165, 1.54) is 31.2 Å². The Labute approximate surface area is 230 Å². The highest BCUT2D eigenvalue weighted by atomic mass is 35.5. The lowest BCUT2D eigenvalue weighted by Crippen LogP contribution is -2.18. The topological polar surface area (TPSA) is 115 Å². The molecule has 0 amide bonds. The molecule has 1 N–H and O–H groups in total. The third-order valence-electron chi connectivity index (χ3n) is 7.64. The van der Waals surface area contributed by atoms with Crippen molar-refractivity contribution in [1.29, 1.82) is 0 Å². The Morgan fingerprint density at radius 3 is 2.64 bits per heavy atom. The number of aromatic nitrogens is 7. The van der Waals surface area contributed by atoms with Crippen LogP contribution in [0.15, 0.2) is 52.2 Å². The fourth-order valence-corrected chi connectivity index (χ4v) is 5.61. The number of hydrogen-bond acceptors (Lipinski definition) is 7. The number of halogens is 1. The van der Waals surface area contributed by atoms with Crippen LogP contribution in [0, 0.1) is 11.8 Å². The molecule has 1 saturated carbocycles. The van der Waals surface area contributed by atoms with Crippen molar-refractivity contribution < 1.29 is 4.52 Å². The summed E-state index contributed by atoms with van der Waals surface area (Å²) >= 11 is 6.37. The Morgan fingerprint density at radius 2 is 1.92 bits per heavy atom. The summed E-state index contributed by atoms with van der Waals surface area (Å²) in [5, 5.41) is 4.37. The second-order valence-electron chi connectivity index (χ2n) is 10.9. The van der Waals surface area contributed by atoms with Crippen LogP contribution in [0.5, 0.6) is 0 Å². The number of hydrogen-bond donors (Lipinski definition) is 1. The number of nitrogens with zero attached hydrogens (tertiary/aromatic N) is 6. The lowest BCUT2D eigenvalue weighted by atomic mass is 9.83. The third-order valence-corrected chi connectivity index (χ3v) is 7.85. The summed E-state index contributed by atoms with van der Waals surface area (Å²) in [4.78, 5) is 33.5. The van der Waals surface area contributed by atoms with Crippen LogP contribution < -0.4 is 5.76 Å². The molecule has 0 spiro atoms. The van der Waals surface area contributed by atoms with Gasteiger partial charge in [-0.25, -0.2) is 14.8 Å². The van der Waals surface area contributed by atoms with Gasteiger partial charge in [0.1, 0.15) is 11.4 Å². The molecular weight excluding hydrogens is 514 g/mol. The summed E-state index contributed by atoms with van der Waals surface area (Å²) < 4.78 is 7.03. The van der Waals surface area contributed by atoms with Crippen LogP contribution in [0.4, 0.5) is 0 Å². The number of aromatic amines is 1. The van der Waals surface area contributed by atoms with Gasteiger partial charge in [0, 0.05) is 30.7 Å². The molecule has 0 saturated heterocycles. The number of rotatable bonds is 6. The lowest BCUT2D eigenvalue weighted by molar-refractivity contribution is 0.267. The average Bonchev–Trinajstić information content (AvgIpc) is 3.53. The molecule has 0 unspecified atom stereocenters. The van der Waals surface area contributed by atoms with Gasteiger partial charge in [-0.05, 0) is 60.4 Å². The molecule has 6 rings (SSSR count). The highest BCUT2D eigenvalue weighted by molar-refractivity contribution is 6.30. The average molecular weight is 544 g/mol. The van der Waals surface area contributed by atoms with Crippen molar-refractivity contribution >= 4 is 22.6 Å². The zero-order valence-corrected chi connectivity index (χ0v) is 22.9. The predicted molar refractivity (Wildman–Crippen MR) is 150 cm³/mol. The molecule has 0 aliphatic heterocycles. The van der Waals surface area contributed by atoms with Crippen LogP contribution in [0.25, 0.3) is 45.3 Å². The fraction of sp³-hybridized carbons (Fsp3) is 0.379. The number of nitrogens with one attached hydrogen (secondary N) is 1. The Hall–Kier alpha value is -3.85. The largest absolute Gasteiger partial charge is 0.439 e. The molecule has 0 bridgehead atoms. The van der Waals surface area contributed by atoms with E-state index in [4.69, 9.17) is 31.1 Å². The van der Waals surface area contributed by atoms with E-state index in [1.54, 1.807) is 12.4 Å². The Bertz CT molecular complexity index is 1700. The molecule has 5 aromatic rings. The highest BCUT2D eigenvalue weighted by Crippen LogP contribution is 2.37. The van der Waals surface area contributed by atoms with E-state index in [2.05, 4.69) is 46.5 Å². The van der Waals surface area contributed by atoms with Gasteiger partial charge in [0.2, 0.25) is 5.82 Å². The molecule has 0 aromatic carbocycles. The summed E-state index contributed by atoms with van der Waals surface area (Å²) in [5.74, 6) is 2.00. The van der Waals surface area contributed by atoms with Gasteiger partial charge in [-0.1, -0.05) is 50.4 Å². The van der Waals surface area contributed by atoms with Gasteiger partial charge in [-0.2, -0.15) is 0 Å². The first-order chi connectivity index (χ1) is 18.9. The molecule has 1 fully saturated rings. The van der Waals surface area contributed by atoms with E-state index in [1.807, 2.05) is 24.4 Å². The third kappa shape index (κ3) is 5.11. The van der Waals surface area contributed by atoms with E-state index in [-0.39, 0.29) is 5.82 Å². The van der Waals surface area contributed by atoms with Crippen molar-refractivity contribution in [2.45, 2.75) is 58.9 Å². The van der Waals surface area contributed by atoms with Crippen LogP contribution in [-0.2, 0) is 6.54 Å². The Kier molecular flexibility index (Phi) is 6.76. The summed E-state index contributed by atoms with van der Waals surface area (Å²) in [5.41, 5.74) is 5.44. The number of imidazole rings is 1. The van der Waals surface area contributed by atoms with Crippen molar-refractivity contribution in [2.24, 2.45) is 11.8 Å². The van der Waals surface area contributed by atoms with Gasteiger partial charge < -0.3 is 4.57 Å². The SMILES string of the molecule is CC1CCC(Cn2c(-c3cc(C(C)C)ccn3)nc3cc(-c4noc(=O)[nH]4)nc(-c4cncc(Cl)c4)c32)CC1. The van der Waals surface area contributed by atoms with E-state index in [9.17, 15) is 4.79 Å². The quantitative estimate of drug-likeness (QED) is 0.260. The second-order valence-corrected chi connectivity index (χ2v) is 11.3. The second kappa shape index (κ2) is 10.4. The van der Waals surface area contributed by atoms with Crippen LogP contribution in [0.1, 0.15) is 57.9 Å². The van der Waals surface area contributed by atoms with Gasteiger partial charge in [0.05, 0.1) is 21.7 Å². The van der Waals surface area contributed by atoms with E-state index < -0.39 is 5.76 Å². The predicted octanol–water partition coefficient (Wildman–Crippen LogP) is 6.50. The maximum Gasteiger partial charge on any atom is 0.439 e. The van der Waals surface area contributed by atoms with Gasteiger partial charge in [0.25, 0.3) is 0 Å². The van der Waals surface area contributed by atoms with Crippen molar-refractivity contribution in [3.63, 3.8) is 0 Å². The molecule has 5 aromatic heterocycles. The van der Waals surface area contributed by atoms with Gasteiger partial charge in [-0.15, -0.1) is 0 Å². The first-order valence-corrected chi connectivity index (χ1v) is 13.8. The van der Waals surface area contributed by atoms with Crippen molar-refractivity contribution in [2.75, 3.05) is 0 Å². The maximum absolute atomic E-state index is 11.7. The molecule has 39 heavy (non-hydrogen) atoms. The standard InChI is InChI=1S/C29H30ClN7O2/c1-16(2)19-8-9-32-24(11-19)28-34-22-12-23(27-35-29(38)39-36-27)33-25(20-10-21(30)14-31-13-20)26(22)37(28)15-18-6-4-17(3)5-7-18/h8-14,16-18H,4-7,15H2,1-3H3,(H,35,36,38). The summed E-state index contributed by atoms with van der Waals surface area (Å²) in [7, 11) is 0. The minimum absolute atomic E-state index is 0.232. The molecule has 5 heterocycles. The summed E-state index contributed by atoms with van der Waals surface area (Å²) in [6, 6.07) is 7.84. The molecule has 0 atom stereocenters. The monoisotopic (exact) mass is 543 g/mol. The molecular formula is C29H30ClN7O2. The minimum Gasteiger partial charge on any atom is -0.321 e. The molecule has 1 aliphatic carbocycles. The molecule has 200 valence electrons. The van der Waals surface area contributed by atoms with Crippen LogP contribution in [0.2, 0.25) is 5.02 Å². The number of fused-ring (bicyclic) bond motifs is 1. The zero-order chi connectivity index (χ0) is 27.1. The zero-order valence-electron chi connectivity index (χ0n) is 22.2. The van der Waals surface area contributed by atoms with E-state index in [0.717, 1.165) is 40.6 Å². The number of pyridine rings is 3. The highest BCUT2D eigenvalue weighted by Gasteiger charge is 2.26. The van der Waals surface area contributed by atoms with Crippen molar-refractivity contribution in [3.05, 3.63) is 64.0 Å². The molecule has 1 aliphatic rings. The Balaban J connectivity index is 1.62. The van der Waals surface area contributed by atoms with Crippen molar-refractivity contribution in [1.82, 2.24) is 34.6 Å².